The van der Waals surface area contributed by atoms with E-state index in [9.17, 15) is 0 Å². The van der Waals surface area contributed by atoms with Crippen molar-refractivity contribution in [3.8, 4) is 0 Å². The monoisotopic (exact) mass is 363 g/mol. The highest BCUT2D eigenvalue weighted by molar-refractivity contribution is 4.49. The lowest BCUT2D eigenvalue weighted by atomic mass is 10.0. The maximum absolute atomic E-state index is 2.30. The first-order valence-electron chi connectivity index (χ1n) is 9.69. The van der Waals surface area contributed by atoms with Crippen molar-refractivity contribution in [1.29, 1.82) is 0 Å². The number of hydrogen-bond acceptors (Lipinski definition) is 0. The lowest BCUT2D eigenvalue weighted by Crippen LogP contribution is -3.00. The normalized spacial score (nSPS) is 10.6. The standard InChI is InChI=1S/C19H41N.BrH/c1-3-4-5-6-7-8-9-10-11-12-13-14-15-16-17-18-19-20-2;/h20H,3-19H2,1-2H3;1H. The summed E-state index contributed by atoms with van der Waals surface area (Å²) in [5.74, 6) is 0. The molecule has 0 aliphatic carbocycles. The van der Waals surface area contributed by atoms with Crippen molar-refractivity contribution in [2.45, 2.75) is 110 Å². The third-order valence-corrected chi connectivity index (χ3v) is 4.35. The second-order valence-electron chi connectivity index (χ2n) is 6.50. The van der Waals surface area contributed by atoms with Crippen LogP contribution < -0.4 is 22.3 Å². The third-order valence-electron chi connectivity index (χ3n) is 4.35. The number of quaternary nitrogens is 1. The Morgan fingerprint density at radius 1 is 0.476 bits per heavy atom. The predicted molar refractivity (Wildman–Crippen MR) is 92.3 cm³/mol. The molecule has 0 rings (SSSR count). The molecular weight excluding hydrogens is 322 g/mol. The molecule has 0 spiro atoms. The molecule has 2 N–H and O–H groups in total. The molecule has 0 bridgehead atoms. The molecule has 0 unspecified atom stereocenters. The zero-order chi connectivity index (χ0) is 14.7. The van der Waals surface area contributed by atoms with Crippen LogP contribution in [0.3, 0.4) is 0 Å². The van der Waals surface area contributed by atoms with Crippen molar-refractivity contribution in [3.05, 3.63) is 0 Å². The molecule has 0 saturated heterocycles. The first kappa shape index (κ1) is 23.7. The molecule has 0 aromatic rings. The molecule has 1 nitrogen and oxygen atoms in total. The molecule has 0 amide bonds. The van der Waals surface area contributed by atoms with Crippen LogP contribution in [0.2, 0.25) is 0 Å². The minimum Gasteiger partial charge on any atom is -1.00 e. The van der Waals surface area contributed by atoms with Crippen LogP contribution in [-0.2, 0) is 0 Å². The van der Waals surface area contributed by atoms with Crippen molar-refractivity contribution in [2.75, 3.05) is 13.6 Å². The van der Waals surface area contributed by atoms with Crippen LogP contribution in [-0.4, -0.2) is 13.6 Å². The summed E-state index contributed by atoms with van der Waals surface area (Å²) in [6.07, 6.45) is 23.4. The van der Waals surface area contributed by atoms with E-state index in [0.29, 0.717) is 0 Å². The second-order valence-corrected chi connectivity index (χ2v) is 6.50. The zero-order valence-electron chi connectivity index (χ0n) is 15.0. The fourth-order valence-corrected chi connectivity index (χ4v) is 2.90. The Kier molecular flexibility index (Phi) is 25.6. The minimum absolute atomic E-state index is 0. The first-order chi connectivity index (χ1) is 9.91. The quantitative estimate of drug-likeness (QED) is 0.382. The maximum atomic E-state index is 2.30. The Balaban J connectivity index is 0. The van der Waals surface area contributed by atoms with Crippen LogP contribution in [0, 0.1) is 0 Å². The van der Waals surface area contributed by atoms with Gasteiger partial charge < -0.3 is 22.3 Å². The number of unbranched alkanes of at least 4 members (excludes halogenated alkanes) is 15. The van der Waals surface area contributed by atoms with E-state index in [1.54, 1.807) is 0 Å². The second kappa shape index (κ2) is 22.7. The number of hydrogen-bond donors (Lipinski definition) is 1. The van der Waals surface area contributed by atoms with Gasteiger partial charge in [0.1, 0.15) is 0 Å². The summed E-state index contributed by atoms with van der Waals surface area (Å²) < 4.78 is 0. The smallest absolute Gasteiger partial charge is 0.0753 e. The number of rotatable bonds is 17. The largest absolute Gasteiger partial charge is 1.00 e. The van der Waals surface area contributed by atoms with Gasteiger partial charge in [0.2, 0.25) is 0 Å². The van der Waals surface area contributed by atoms with Crippen LogP contribution in [0.1, 0.15) is 110 Å². The highest BCUT2D eigenvalue weighted by atomic mass is 79.9. The lowest BCUT2D eigenvalue weighted by molar-refractivity contribution is -0.627. The van der Waals surface area contributed by atoms with Gasteiger partial charge in [-0.15, -0.1) is 0 Å². The van der Waals surface area contributed by atoms with Crippen LogP contribution in [0.5, 0.6) is 0 Å². The Morgan fingerprint density at radius 2 is 0.762 bits per heavy atom. The number of nitrogens with two attached hydrogens (primary N) is 1. The average Bonchev–Trinajstić information content (AvgIpc) is 2.47. The van der Waals surface area contributed by atoms with Gasteiger partial charge in [0.25, 0.3) is 0 Å². The zero-order valence-corrected chi connectivity index (χ0v) is 16.6. The highest BCUT2D eigenvalue weighted by Gasteiger charge is 1.94. The van der Waals surface area contributed by atoms with Crippen molar-refractivity contribution < 1.29 is 22.3 Å². The Hall–Kier alpha value is 0.440. The van der Waals surface area contributed by atoms with Gasteiger partial charge in [-0.25, -0.2) is 0 Å². The van der Waals surface area contributed by atoms with Gasteiger partial charge in [-0.05, 0) is 12.8 Å². The summed E-state index contributed by atoms with van der Waals surface area (Å²) in [5, 5.41) is 2.30. The van der Waals surface area contributed by atoms with Crippen LogP contribution >= 0.6 is 0 Å². The van der Waals surface area contributed by atoms with Gasteiger partial charge in [-0.1, -0.05) is 96.8 Å². The van der Waals surface area contributed by atoms with E-state index in [0.717, 1.165) is 0 Å². The number of halogens is 1. The molecule has 0 aliphatic heterocycles. The maximum Gasteiger partial charge on any atom is 0.0753 e. The molecule has 2 heteroatoms. The molecule has 21 heavy (non-hydrogen) atoms. The van der Waals surface area contributed by atoms with Gasteiger partial charge >= 0.3 is 0 Å². The van der Waals surface area contributed by atoms with E-state index in [1.807, 2.05) is 0 Å². The first-order valence-corrected chi connectivity index (χ1v) is 9.69. The molecule has 0 atom stereocenters. The molecule has 0 aliphatic rings. The van der Waals surface area contributed by atoms with Crippen molar-refractivity contribution >= 4 is 0 Å². The van der Waals surface area contributed by atoms with E-state index in [1.165, 1.54) is 109 Å². The van der Waals surface area contributed by atoms with E-state index in [2.05, 4.69) is 19.3 Å². The molecule has 0 heterocycles. The van der Waals surface area contributed by atoms with E-state index in [4.69, 9.17) is 0 Å². The van der Waals surface area contributed by atoms with E-state index in [-0.39, 0.29) is 17.0 Å². The molecule has 0 saturated carbocycles. The van der Waals surface area contributed by atoms with E-state index >= 15 is 0 Å². The fraction of sp³-hybridized carbons (Fsp3) is 1.00. The Bertz CT molecular complexity index is 144. The third kappa shape index (κ3) is 22.9. The molecule has 0 aromatic heterocycles. The van der Waals surface area contributed by atoms with Gasteiger partial charge in [0.15, 0.2) is 0 Å². The van der Waals surface area contributed by atoms with Crippen LogP contribution in [0.4, 0.5) is 0 Å². The predicted octanol–water partition coefficient (Wildman–Crippen LogP) is 2.45. The topological polar surface area (TPSA) is 16.6 Å². The molecule has 0 radical (unpaired) electrons. The molecule has 0 fully saturated rings. The van der Waals surface area contributed by atoms with Gasteiger partial charge in [-0.3, -0.25) is 0 Å². The summed E-state index contributed by atoms with van der Waals surface area (Å²) in [6, 6.07) is 0. The summed E-state index contributed by atoms with van der Waals surface area (Å²) in [6.45, 7) is 3.61. The summed E-state index contributed by atoms with van der Waals surface area (Å²) in [4.78, 5) is 0. The fourth-order valence-electron chi connectivity index (χ4n) is 2.90. The SMILES string of the molecule is CCCCCCCCCCCCCCCCCC[NH2+]C.[Br-]. The molecule has 130 valence electrons. The van der Waals surface area contributed by atoms with Crippen molar-refractivity contribution in [3.63, 3.8) is 0 Å². The van der Waals surface area contributed by atoms with Gasteiger partial charge in [-0.2, -0.15) is 0 Å². The Labute approximate surface area is 145 Å². The van der Waals surface area contributed by atoms with Gasteiger partial charge in [0.05, 0.1) is 13.6 Å². The van der Waals surface area contributed by atoms with E-state index < -0.39 is 0 Å². The summed E-state index contributed by atoms with van der Waals surface area (Å²) >= 11 is 0. The minimum atomic E-state index is 0. The van der Waals surface area contributed by atoms with Crippen LogP contribution in [0.25, 0.3) is 0 Å². The molecular formula is C19H42BrN. The molecule has 0 aromatic carbocycles. The summed E-state index contributed by atoms with van der Waals surface area (Å²) in [5.41, 5.74) is 0. The Morgan fingerprint density at radius 3 is 1.05 bits per heavy atom. The van der Waals surface area contributed by atoms with Crippen molar-refractivity contribution in [1.82, 2.24) is 0 Å². The lowest BCUT2D eigenvalue weighted by Gasteiger charge is -2.03. The van der Waals surface area contributed by atoms with Crippen LogP contribution in [0.15, 0.2) is 0 Å². The average molecular weight is 364 g/mol. The summed E-state index contributed by atoms with van der Waals surface area (Å²) in [7, 11) is 2.17. The highest BCUT2D eigenvalue weighted by Crippen LogP contribution is 2.13. The van der Waals surface area contributed by atoms with Crippen molar-refractivity contribution in [2.24, 2.45) is 0 Å². The van der Waals surface area contributed by atoms with Gasteiger partial charge in [0, 0.05) is 0 Å².